The average Bonchev–Trinajstić information content (AvgIpc) is 2.42. The first-order valence-corrected chi connectivity index (χ1v) is 7.24. The zero-order valence-corrected chi connectivity index (χ0v) is 13.3. The van der Waals surface area contributed by atoms with Gasteiger partial charge in [0, 0.05) is 4.47 Å². The first kappa shape index (κ1) is 17.4. The molecule has 0 aliphatic rings. The third kappa shape index (κ3) is 5.34. The predicted octanol–water partition coefficient (Wildman–Crippen LogP) is 2.58. The average molecular weight is 362 g/mol. The Kier molecular flexibility index (Phi) is 6.61. The Bertz CT molecular complexity index is 524. The molecule has 5 nitrogen and oxygen atoms in total. The second-order valence-electron chi connectivity index (χ2n) is 4.63. The quantitative estimate of drug-likeness (QED) is 0.782. The highest BCUT2D eigenvalue weighted by Crippen LogP contribution is 2.21. The first-order valence-electron chi connectivity index (χ1n) is 6.45. The summed E-state index contributed by atoms with van der Waals surface area (Å²) < 4.78 is 19.1. The van der Waals surface area contributed by atoms with E-state index in [1.165, 1.54) is 12.1 Å². The summed E-state index contributed by atoms with van der Waals surface area (Å²) in [5.74, 6) is -2.59. The molecule has 0 aromatic heterocycles. The van der Waals surface area contributed by atoms with Gasteiger partial charge in [-0.2, -0.15) is 0 Å². The second kappa shape index (κ2) is 7.97. The Balaban J connectivity index is 2.58. The zero-order chi connectivity index (χ0) is 16.0. The van der Waals surface area contributed by atoms with E-state index in [-0.39, 0.29) is 11.7 Å². The van der Waals surface area contributed by atoms with Crippen LogP contribution in [0, 0.1) is 11.7 Å². The summed E-state index contributed by atoms with van der Waals surface area (Å²) in [6, 6.07) is 3.19. The van der Waals surface area contributed by atoms with Gasteiger partial charge in [-0.3, -0.25) is 4.79 Å². The van der Waals surface area contributed by atoms with Crippen LogP contribution in [0.3, 0.4) is 0 Å². The molecule has 1 rings (SSSR count). The maximum absolute atomic E-state index is 13.5. The van der Waals surface area contributed by atoms with Gasteiger partial charge in [-0.05, 0) is 24.1 Å². The molecular formula is C14H17BrFNO4. The fraction of sp³-hybridized carbons (Fsp3) is 0.429. The zero-order valence-electron chi connectivity index (χ0n) is 11.7. The minimum atomic E-state index is -1.10. The normalized spacial score (nSPS) is 13.3. The fourth-order valence-electron chi connectivity index (χ4n) is 1.63. The van der Waals surface area contributed by atoms with E-state index in [4.69, 9.17) is 9.84 Å². The van der Waals surface area contributed by atoms with E-state index in [1.54, 1.807) is 13.0 Å². The number of carboxylic acid groups (broad SMARTS) is 1. The lowest BCUT2D eigenvalue weighted by atomic mass is 9.99. The molecule has 1 aromatic rings. The molecule has 0 fully saturated rings. The molecule has 0 aliphatic carbocycles. The van der Waals surface area contributed by atoms with Gasteiger partial charge in [0.05, 0.1) is 0 Å². The van der Waals surface area contributed by atoms with Crippen LogP contribution in [0.2, 0.25) is 0 Å². The van der Waals surface area contributed by atoms with E-state index >= 15 is 0 Å². The lowest BCUT2D eigenvalue weighted by Crippen LogP contribution is -2.46. The monoisotopic (exact) mass is 361 g/mol. The van der Waals surface area contributed by atoms with E-state index in [2.05, 4.69) is 21.2 Å². The molecule has 7 heteroatoms. The number of hydrogen-bond acceptors (Lipinski definition) is 3. The van der Waals surface area contributed by atoms with Crippen LogP contribution in [0.15, 0.2) is 22.7 Å². The van der Waals surface area contributed by atoms with Crippen LogP contribution in [0.4, 0.5) is 4.39 Å². The van der Waals surface area contributed by atoms with Gasteiger partial charge in [0.2, 0.25) is 0 Å². The van der Waals surface area contributed by atoms with Gasteiger partial charge >= 0.3 is 5.97 Å². The van der Waals surface area contributed by atoms with Crippen molar-refractivity contribution in [3.05, 3.63) is 28.5 Å². The van der Waals surface area contributed by atoms with Crippen molar-refractivity contribution < 1.29 is 23.8 Å². The van der Waals surface area contributed by atoms with E-state index in [0.717, 1.165) is 0 Å². The van der Waals surface area contributed by atoms with Crippen molar-refractivity contribution in [3.8, 4) is 5.75 Å². The highest BCUT2D eigenvalue weighted by atomic mass is 79.9. The number of benzene rings is 1. The molecule has 0 saturated heterocycles. The Morgan fingerprint density at radius 3 is 2.67 bits per heavy atom. The van der Waals surface area contributed by atoms with Gasteiger partial charge in [0.15, 0.2) is 18.2 Å². The number of amides is 1. The summed E-state index contributed by atoms with van der Waals surface area (Å²) in [6.45, 7) is 3.12. The molecule has 0 spiro atoms. The number of carbonyl (C=O) groups excluding carboxylic acids is 1. The molecule has 0 unspecified atom stereocenters. The smallest absolute Gasteiger partial charge is 0.326 e. The molecular weight excluding hydrogens is 345 g/mol. The number of aliphatic carboxylic acids is 1. The molecule has 0 heterocycles. The van der Waals surface area contributed by atoms with Gasteiger partial charge in [0.1, 0.15) is 6.04 Å². The van der Waals surface area contributed by atoms with Crippen LogP contribution < -0.4 is 10.1 Å². The van der Waals surface area contributed by atoms with E-state index in [0.29, 0.717) is 10.9 Å². The third-order valence-corrected chi connectivity index (χ3v) is 3.54. The Labute approximate surface area is 130 Å². The van der Waals surface area contributed by atoms with Gasteiger partial charge < -0.3 is 15.2 Å². The molecule has 0 bridgehead atoms. The van der Waals surface area contributed by atoms with Crippen molar-refractivity contribution in [2.75, 3.05) is 6.61 Å². The van der Waals surface area contributed by atoms with Gasteiger partial charge in [-0.25, -0.2) is 9.18 Å². The molecule has 0 saturated carbocycles. The second-order valence-corrected chi connectivity index (χ2v) is 5.55. The Morgan fingerprint density at radius 1 is 1.48 bits per heavy atom. The lowest BCUT2D eigenvalue weighted by Gasteiger charge is -2.20. The molecule has 0 aliphatic heterocycles. The molecule has 116 valence electrons. The van der Waals surface area contributed by atoms with Gasteiger partial charge in [-0.15, -0.1) is 0 Å². The van der Waals surface area contributed by atoms with Crippen LogP contribution in [0.5, 0.6) is 5.75 Å². The highest BCUT2D eigenvalue weighted by Gasteiger charge is 2.25. The largest absolute Gasteiger partial charge is 0.481 e. The van der Waals surface area contributed by atoms with Gasteiger partial charge in [0.25, 0.3) is 5.91 Å². The predicted molar refractivity (Wildman–Crippen MR) is 78.6 cm³/mol. The summed E-state index contributed by atoms with van der Waals surface area (Å²) in [7, 11) is 0. The summed E-state index contributed by atoms with van der Waals surface area (Å²) in [6.07, 6.45) is 0.611. The van der Waals surface area contributed by atoms with Crippen molar-refractivity contribution in [2.45, 2.75) is 26.3 Å². The number of halogens is 2. The van der Waals surface area contributed by atoms with E-state index in [9.17, 15) is 14.0 Å². The molecule has 21 heavy (non-hydrogen) atoms. The van der Waals surface area contributed by atoms with Crippen LogP contribution in [-0.2, 0) is 9.59 Å². The minimum absolute atomic E-state index is 0.0660. The number of carboxylic acids is 1. The van der Waals surface area contributed by atoms with Crippen molar-refractivity contribution in [1.82, 2.24) is 5.32 Å². The number of ether oxygens (including phenoxy) is 1. The Hall–Kier alpha value is -1.63. The SMILES string of the molecule is CC[C@H](C)[C@H](NC(=O)COc1ccc(Br)cc1F)C(=O)O. The molecule has 1 aromatic carbocycles. The maximum Gasteiger partial charge on any atom is 0.326 e. The molecule has 1 amide bonds. The van der Waals surface area contributed by atoms with Crippen LogP contribution in [0.25, 0.3) is 0 Å². The van der Waals surface area contributed by atoms with Crippen LogP contribution in [-0.4, -0.2) is 29.6 Å². The number of hydrogen-bond donors (Lipinski definition) is 2. The van der Waals surface area contributed by atoms with Crippen molar-refractivity contribution in [1.29, 1.82) is 0 Å². The highest BCUT2D eigenvalue weighted by molar-refractivity contribution is 9.10. The van der Waals surface area contributed by atoms with Crippen molar-refractivity contribution >= 4 is 27.8 Å². The van der Waals surface area contributed by atoms with Crippen molar-refractivity contribution in [2.24, 2.45) is 5.92 Å². The van der Waals surface area contributed by atoms with Crippen LogP contribution in [0.1, 0.15) is 20.3 Å². The van der Waals surface area contributed by atoms with Gasteiger partial charge in [-0.1, -0.05) is 36.2 Å². The minimum Gasteiger partial charge on any atom is -0.481 e. The number of rotatable bonds is 7. The first-order chi connectivity index (χ1) is 9.85. The summed E-state index contributed by atoms with van der Waals surface area (Å²) >= 11 is 3.11. The van der Waals surface area contributed by atoms with E-state index < -0.39 is 30.3 Å². The molecule has 2 N–H and O–H groups in total. The molecule has 2 atom stereocenters. The standard InChI is InChI=1S/C14H17BrFNO4/c1-3-8(2)13(14(19)20)17-12(18)7-21-11-5-4-9(15)6-10(11)16/h4-6,8,13H,3,7H2,1-2H3,(H,17,18)(H,19,20)/t8-,13-/m0/s1. The number of nitrogens with one attached hydrogen (secondary N) is 1. The Morgan fingerprint density at radius 2 is 2.14 bits per heavy atom. The van der Waals surface area contributed by atoms with Crippen LogP contribution >= 0.6 is 15.9 Å². The van der Waals surface area contributed by atoms with Crippen molar-refractivity contribution in [3.63, 3.8) is 0 Å². The summed E-state index contributed by atoms with van der Waals surface area (Å²) in [5.41, 5.74) is 0. The fourth-order valence-corrected chi connectivity index (χ4v) is 1.97. The maximum atomic E-state index is 13.5. The summed E-state index contributed by atoms with van der Waals surface area (Å²) in [5, 5.41) is 11.4. The lowest BCUT2D eigenvalue weighted by molar-refractivity contribution is -0.143. The summed E-state index contributed by atoms with van der Waals surface area (Å²) in [4.78, 5) is 22.8. The third-order valence-electron chi connectivity index (χ3n) is 3.05. The molecule has 0 radical (unpaired) electrons. The number of carbonyl (C=O) groups is 2. The topological polar surface area (TPSA) is 75.6 Å². The van der Waals surface area contributed by atoms with E-state index in [1.807, 2.05) is 6.92 Å².